The molecule has 0 bridgehead atoms. The smallest absolute Gasteiger partial charge is 0.162 e. The Morgan fingerprint density at radius 2 is 2.14 bits per heavy atom. The standard InChI is InChI=1S/C23H35NO3S/c1-17(15-28-22-9-10-22)23(18(2)25,27-16-26-3)14-21-13-20(11-12-24-21)6-4-5-19-7-8-19/h11-13,17,19,22H,4-10,14-16H2,1-3H3/t17-,23+/m0/s1. The van der Waals surface area contributed by atoms with Gasteiger partial charge in [-0.05, 0) is 62.0 Å². The summed E-state index contributed by atoms with van der Waals surface area (Å²) in [6.45, 7) is 3.90. The molecule has 2 saturated carbocycles. The number of rotatable bonds is 14. The summed E-state index contributed by atoms with van der Waals surface area (Å²) in [5.74, 6) is 2.06. The van der Waals surface area contributed by atoms with Gasteiger partial charge in [0.25, 0.3) is 0 Å². The van der Waals surface area contributed by atoms with Crippen LogP contribution < -0.4 is 0 Å². The zero-order chi connectivity index (χ0) is 20.0. The molecule has 4 nitrogen and oxygen atoms in total. The number of ether oxygens (including phenoxy) is 2. The first kappa shape index (κ1) is 21.8. The Hall–Kier alpha value is -0.910. The molecule has 28 heavy (non-hydrogen) atoms. The monoisotopic (exact) mass is 405 g/mol. The number of hydrogen-bond acceptors (Lipinski definition) is 5. The van der Waals surface area contributed by atoms with Crippen molar-refractivity contribution in [2.75, 3.05) is 19.7 Å². The molecule has 0 unspecified atom stereocenters. The van der Waals surface area contributed by atoms with Gasteiger partial charge in [-0.15, -0.1) is 0 Å². The number of Topliss-reactive ketones (excluding diaryl/α,β-unsaturated/α-hetero) is 1. The summed E-state index contributed by atoms with van der Waals surface area (Å²) >= 11 is 1.97. The van der Waals surface area contributed by atoms with Crippen molar-refractivity contribution in [2.45, 2.75) is 76.1 Å². The van der Waals surface area contributed by atoms with E-state index in [2.05, 4.69) is 24.0 Å². The molecule has 5 heteroatoms. The normalized spacial score (nSPS) is 20.0. The van der Waals surface area contributed by atoms with Crippen LogP contribution in [0.4, 0.5) is 0 Å². The third kappa shape index (κ3) is 6.30. The predicted molar refractivity (Wildman–Crippen MR) is 115 cm³/mol. The molecule has 0 aromatic carbocycles. The fraction of sp³-hybridized carbons (Fsp3) is 0.739. The van der Waals surface area contributed by atoms with Gasteiger partial charge in [-0.25, -0.2) is 0 Å². The Morgan fingerprint density at radius 3 is 2.79 bits per heavy atom. The molecule has 156 valence electrons. The number of pyridine rings is 1. The third-order valence-electron chi connectivity index (χ3n) is 6.03. The Balaban J connectivity index is 1.69. The Kier molecular flexibility index (Phi) is 7.95. The van der Waals surface area contributed by atoms with Crippen LogP contribution in [0.2, 0.25) is 0 Å². The molecule has 2 fully saturated rings. The summed E-state index contributed by atoms with van der Waals surface area (Å²) in [7, 11) is 1.60. The molecular weight excluding hydrogens is 370 g/mol. The lowest BCUT2D eigenvalue weighted by Crippen LogP contribution is -2.50. The Labute approximate surface area is 174 Å². The van der Waals surface area contributed by atoms with E-state index in [0.29, 0.717) is 6.42 Å². The number of nitrogens with zero attached hydrogens (tertiary/aromatic N) is 1. The molecule has 0 saturated heterocycles. The zero-order valence-corrected chi connectivity index (χ0v) is 18.4. The second-order valence-electron chi connectivity index (χ2n) is 8.60. The first-order valence-corrected chi connectivity index (χ1v) is 11.8. The molecule has 0 radical (unpaired) electrons. The Bertz CT molecular complexity index is 644. The van der Waals surface area contributed by atoms with Gasteiger partial charge in [-0.3, -0.25) is 9.78 Å². The number of aryl methyl sites for hydroxylation is 1. The molecule has 1 aromatic heterocycles. The van der Waals surface area contributed by atoms with E-state index in [-0.39, 0.29) is 18.5 Å². The van der Waals surface area contributed by atoms with E-state index in [9.17, 15) is 4.79 Å². The van der Waals surface area contributed by atoms with Crippen molar-refractivity contribution in [2.24, 2.45) is 11.8 Å². The summed E-state index contributed by atoms with van der Waals surface area (Å²) < 4.78 is 11.3. The number of thioether (sulfide) groups is 1. The van der Waals surface area contributed by atoms with Crippen LogP contribution in [-0.4, -0.2) is 41.3 Å². The second kappa shape index (κ2) is 10.2. The van der Waals surface area contributed by atoms with Crippen LogP contribution in [0.3, 0.4) is 0 Å². The van der Waals surface area contributed by atoms with Gasteiger partial charge in [-0.1, -0.05) is 26.2 Å². The maximum Gasteiger partial charge on any atom is 0.162 e. The van der Waals surface area contributed by atoms with E-state index in [0.717, 1.165) is 29.0 Å². The highest BCUT2D eigenvalue weighted by atomic mass is 32.2. The predicted octanol–water partition coefficient (Wildman–Crippen LogP) is 4.84. The molecular formula is C23H35NO3S. The zero-order valence-electron chi connectivity index (χ0n) is 17.6. The molecule has 3 rings (SSSR count). The van der Waals surface area contributed by atoms with Crippen LogP contribution in [0.25, 0.3) is 0 Å². The van der Waals surface area contributed by atoms with E-state index >= 15 is 0 Å². The lowest BCUT2D eigenvalue weighted by Gasteiger charge is -2.36. The van der Waals surface area contributed by atoms with Crippen molar-refractivity contribution in [3.05, 3.63) is 29.6 Å². The SMILES string of the molecule is COCO[C@@](Cc1cc(CCCC2CC2)ccn1)(C(C)=O)[C@@H](C)CSC1CC1. The number of carbonyl (C=O) groups is 1. The molecule has 0 N–H and O–H groups in total. The van der Waals surface area contributed by atoms with E-state index in [4.69, 9.17) is 9.47 Å². The van der Waals surface area contributed by atoms with Crippen molar-refractivity contribution in [1.29, 1.82) is 0 Å². The molecule has 2 aliphatic rings. The quantitative estimate of drug-likeness (QED) is 0.415. The average molecular weight is 406 g/mol. The Morgan fingerprint density at radius 1 is 1.36 bits per heavy atom. The minimum atomic E-state index is -0.877. The van der Waals surface area contributed by atoms with E-state index in [1.54, 1.807) is 14.0 Å². The average Bonchev–Trinajstić information content (AvgIpc) is 3.58. The number of methoxy groups -OCH3 is 1. The van der Waals surface area contributed by atoms with Crippen LogP contribution in [0.15, 0.2) is 18.3 Å². The van der Waals surface area contributed by atoms with Gasteiger partial charge >= 0.3 is 0 Å². The molecule has 2 atom stereocenters. The van der Waals surface area contributed by atoms with Gasteiger partial charge in [0.1, 0.15) is 12.4 Å². The fourth-order valence-corrected chi connectivity index (χ4v) is 5.10. The van der Waals surface area contributed by atoms with E-state index in [1.165, 1.54) is 44.1 Å². The summed E-state index contributed by atoms with van der Waals surface area (Å²) in [4.78, 5) is 17.4. The maximum absolute atomic E-state index is 12.8. The molecule has 2 aliphatic carbocycles. The van der Waals surface area contributed by atoms with Gasteiger partial charge in [0.2, 0.25) is 0 Å². The molecule has 1 aromatic rings. The number of carbonyl (C=O) groups excluding carboxylic acids is 1. The van der Waals surface area contributed by atoms with Gasteiger partial charge in [-0.2, -0.15) is 11.8 Å². The largest absolute Gasteiger partial charge is 0.359 e. The van der Waals surface area contributed by atoms with E-state index < -0.39 is 5.60 Å². The van der Waals surface area contributed by atoms with Gasteiger partial charge in [0, 0.05) is 36.6 Å². The van der Waals surface area contributed by atoms with Gasteiger partial charge in [0.05, 0.1) is 0 Å². The maximum atomic E-state index is 12.8. The van der Waals surface area contributed by atoms with Crippen LogP contribution >= 0.6 is 11.8 Å². The van der Waals surface area contributed by atoms with Gasteiger partial charge in [0.15, 0.2) is 5.78 Å². The number of aromatic nitrogens is 1. The number of ketones is 1. The fourth-order valence-electron chi connectivity index (χ4n) is 3.81. The third-order valence-corrected chi connectivity index (χ3v) is 7.67. The lowest BCUT2D eigenvalue weighted by molar-refractivity contribution is -0.171. The lowest BCUT2D eigenvalue weighted by atomic mass is 9.82. The van der Waals surface area contributed by atoms with Crippen LogP contribution in [-0.2, 0) is 27.1 Å². The highest BCUT2D eigenvalue weighted by Gasteiger charge is 2.43. The highest BCUT2D eigenvalue weighted by molar-refractivity contribution is 8.00. The van der Waals surface area contributed by atoms with Crippen LogP contribution in [0, 0.1) is 11.8 Å². The summed E-state index contributed by atoms with van der Waals surface area (Å²) in [6, 6.07) is 4.27. The van der Waals surface area contributed by atoms with Crippen molar-refractivity contribution < 1.29 is 14.3 Å². The molecule has 0 spiro atoms. The highest BCUT2D eigenvalue weighted by Crippen LogP contribution is 2.38. The molecule has 0 amide bonds. The minimum Gasteiger partial charge on any atom is -0.359 e. The topological polar surface area (TPSA) is 48.4 Å². The molecule has 1 heterocycles. The van der Waals surface area contributed by atoms with Gasteiger partial charge < -0.3 is 9.47 Å². The first-order chi connectivity index (χ1) is 13.5. The van der Waals surface area contributed by atoms with Crippen LogP contribution in [0.1, 0.15) is 63.6 Å². The summed E-state index contributed by atoms with van der Waals surface area (Å²) in [6.07, 6.45) is 11.5. The molecule has 0 aliphatic heterocycles. The van der Waals surface area contributed by atoms with Crippen molar-refractivity contribution in [3.63, 3.8) is 0 Å². The first-order valence-electron chi connectivity index (χ1n) is 10.7. The minimum absolute atomic E-state index is 0.0642. The summed E-state index contributed by atoms with van der Waals surface area (Å²) in [5, 5.41) is 0.766. The van der Waals surface area contributed by atoms with E-state index in [1.807, 2.05) is 18.0 Å². The second-order valence-corrected chi connectivity index (χ2v) is 9.93. The number of hydrogen-bond donors (Lipinski definition) is 0. The summed E-state index contributed by atoms with van der Waals surface area (Å²) in [5.41, 5.74) is 1.38. The van der Waals surface area contributed by atoms with Crippen LogP contribution in [0.5, 0.6) is 0 Å². The van der Waals surface area contributed by atoms with Crippen molar-refractivity contribution in [1.82, 2.24) is 4.98 Å². The van der Waals surface area contributed by atoms with Crippen molar-refractivity contribution >= 4 is 17.5 Å². The van der Waals surface area contributed by atoms with Crippen molar-refractivity contribution in [3.8, 4) is 0 Å².